The Bertz CT molecular complexity index is 602. The summed E-state index contributed by atoms with van der Waals surface area (Å²) in [5, 5.41) is 7.72. The summed E-state index contributed by atoms with van der Waals surface area (Å²) in [4.78, 5) is 0.231. The van der Waals surface area contributed by atoms with E-state index < -0.39 is 15.6 Å². The molecule has 0 atom stereocenters. The Kier molecular flexibility index (Phi) is 4.68. The molecule has 0 unspecified atom stereocenters. The Hall–Kier alpha value is -1.40. The minimum atomic E-state index is -3.65. The van der Waals surface area contributed by atoms with Gasteiger partial charge >= 0.3 is 0 Å². The van der Waals surface area contributed by atoms with Gasteiger partial charge in [-0.15, -0.1) is 0 Å². The molecule has 2 rings (SSSR count). The van der Waals surface area contributed by atoms with E-state index in [-0.39, 0.29) is 10.7 Å². The zero-order chi connectivity index (χ0) is 15.5. The summed E-state index contributed by atoms with van der Waals surface area (Å²) < 4.78 is 27.7. The number of rotatable bonds is 6. The van der Waals surface area contributed by atoms with E-state index in [0.29, 0.717) is 12.8 Å². The van der Waals surface area contributed by atoms with Crippen LogP contribution in [-0.4, -0.2) is 19.8 Å². The summed E-state index contributed by atoms with van der Waals surface area (Å²) in [6.45, 7) is 2.09. The summed E-state index contributed by atoms with van der Waals surface area (Å²) >= 11 is 0. The smallest absolute Gasteiger partial charge is 0.241 e. The Morgan fingerprint density at radius 1 is 1.29 bits per heavy atom. The lowest BCUT2D eigenvalue weighted by atomic mass is 9.98. The Labute approximate surface area is 126 Å². The molecule has 1 fully saturated rings. The van der Waals surface area contributed by atoms with E-state index in [1.54, 1.807) is 12.1 Å². The van der Waals surface area contributed by atoms with Gasteiger partial charge in [-0.25, -0.2) is 8.42 Å². The van der Waals surface area contributed by atoms with Crippen molar-refractivity contribution in [3.8, 4) is 0 Å². The van der Waals surface area contributed by atoms with Crippen molar-refractivity contribution in [2.24, 2.45) is 5.73 Å². The molecule has 5 nitrogen and oxygen atoms in total. The SMILES string of the molecule is CCCc1ccc(S(=O)(=O)NC2(C(=N)N)CCCC2)cc1. The molecule has 6 heteroatoms. The van der Waals surface area contributed by atoms with Crippen molar-refractivity contribution in [1.82, 2.24) is 4.72 Å². The minimum Gasteiger partial charge on any atom is -0.386 e. The molecule has 116 valence electrons. The largest absolute Gasteiger partial charge is 0.386 e. The molecule has 0 aliphatic heterocycles. The second-order valence-electron chi connectivity index (χ2n) is 5.70. The molecule has 0 heterocycles. The zero-order valence-corrected chi connectivity index (χ0v) is 13.2. The van der Waals surface area contributed by atoms with E-state index in [0.717, 1.165) is 31.2 Å². The number of aryl methyl sites for hydroxylation is 1. The number of hydrogen-bond acceptors (Lipinski definition) is 3. The second kappa shape index (κ2) is 6.15. The highest BCUT2D eigenvalue weighted by atomic mass is 32.2. The molecule has 21 heavy (non-hydrogen) atoms. The number of benzene rings is 1. The van der Waals surface area contributed by atoms with E-state index >= 15 is 0 Å². The van der Waals surface area contributed by atoms with Crippen LogP contribution in [0.1, 0.15) is 44.6 Å². The third kappa shape index (κ3) is 3.44. The van der Waals surface area contributed by atoms with Crippen LogP contribution < -0.4 is 10.5 Å². The highest BCUT2D eigenvalue weighted by molar-refractivity contribution is 7.89. The van der Waals surface area contributed by atoms with Crippen molar-refractivity contribution >= 4 is 15.9 Å². The molecule has 0 amide bonds. The number of sulfonamides is 1. The molecule has 1 aromatic rings. The van der Waals surface area contributed by atoms with Gasteiger partial charge in [-0.05, 0) is 37.0 Å². The van der Waals surface area contributed by atoms with Crippen LogP contribution in [0.25, 0.3) is 0 Å². The summed E-state index contributed by atoms with van der Waals surface area (Å²) in [7, 11) is -3.65. The van der Waals surface area contributed by atoms with Gasteiger partial charge in [-0.1, -0.05) is 38.3 Å². The molecule has 0 bridgehead atoms. The molecule has 0 spiro atoms. The molecule has 4 N–H and O–H groups in total. The quantitative estimate of drug-likeness (QED) is 0.555. The van der Waals surface area contributed by atoms with E-state index in [1.165, 1.54) is 0 Å². The zero-order valence-electron chi connectivity index (χ0n) is 12.4. The van der Waals surface area contributed by atoms with Crippen molar-refractivity contribution in [1.29, 1.82) is 5.41 Å². The Morgan fingerprint density at radius 2 is 1.86 bits per heavy atom. The van der Waals surface area contributed by atoms with E-state index in [9.17, 15) is 8.42 Å². The highest BCUT2D eigenvalue weighted by Crippen LogP contribution is 2.31. The molecule has 1 aliphatic rings. The first-order chi connectivity index (χ1) is 9.89. The van der Waals surface area contributed by atoms with Gasteiger partial charge in [0.1, 0.15) is 5.84 Å². The standard InChI is InChI=1S/C15H23N3O2S/c1-2-5-12-6-8-13(9-7-12)21(19,20)18-15(14(16)17)10-3-4-11-15/h6-9,18H,2-5,10-11H2,1H3,(H3,16,17). The van der Waals surface area contributed by atoms with E-state index in [4.69, 9.17) is 11.1 Å². The fourth-order valence-corrected chi connectivity index (χ4v) is 4.29. The molecule has 1 saturated carbocycles. The minimum absolute atomic E-state index is 0.0915. The van der Waals surface area contributed by atoms with Crippen molar-refractivity contribution in [2.45, 2.75) is 55.9 Å². The molecule has 0 aromatic heterocycles. The first kappa shape index (κ1) is 16.0. The number of amidine groups is 1. The predicted molar refractivity (Wildman–Crippen MR) is 83.9 cm³/mol. The molecule has 0 radical (unpaired) electrons. The van der Waals surface area contributed by atoms with Gasteiger partial charge in [0.25, 0.3) is 0 Å². The van der Waals surface area contributed by atoms with Crippen LogP contribution in [0.15, 0.2) is 29.2 Å². The van der Waals surface area contributed by atoms with Gasteiger partial charge in [-0.2, -0.15) is 4.72 Å². The fraction of sp³-hybridized carbons (Fsp3) is 0.533. The van der Waals surface area contributed by atoms with Crippen molar-refractivity contribution in [3.63, 3.8) is 0 Å². The average Bonchev–Trinajstić information content (AvgIpc) is 2.89. The monoisotopic (exact) mass is 309 g/mol. The lowest BCUT2D eigenvalue weighted by Gasteiger charge is -2.28. The summed E-state index contributed by atoms with van der Waals surface area (Å²) in [5.41, 5.74) is 5.86. The maximum absolute atomic E-state index is 12.5. The molecular weight excluding hydrogens is 286 g/mol. The van der Waals surface area contributed by atoms with Gasteiger partial charge in [-0.3, -0.25) is 5.41 Å². The molecule has 1 aliphatic carbocycles. The van der Waals surface area contributed by atoms with Gasteiger partial charge in [0, 0.05) is 0 Å². The normalized spacial score (nSPS) is 17.8. The van der Waals surface area contributed by atoms with E-state index in [1.807, 2.05) is 12.1 Å². The second-order valence-corrected chi connectivity index (χ2v) is 7.38. The predicted octanol–water partition coefficient (Wildman–Crippen LogP) is 2.17. The van der Waals surface area contributed by atoms with Crippen molar-refractivity contribution < 1.29 is 8.42 Å². The third-order valence-electron chi connectivity index (χ3n) is 4.07. The maximum Gasteiger partial charge on any atom is 0.241 e. The summed E-state index contributed by atoms with van der Waals surface area (Å²) in [5.74, 6) is -0.0915. The van der Waals surface area contributed by atoms with Crippen LogP contribution in [0.3, 0.4) is 0 Å². The van der Waals surface area contributed by atoms with Gasteiger partial charge in [0.15, 0.2) is 0 Å². The van der Waals surface area contributed by atoms with Crippen molar-refractivity contribution in [2.75, 3.05) is 0 Å². The van der Waals surface area contributed by atoms with E-state index in [2.05, 4.69) is 11.6 Å². The third-order valence-corrected chi connectivity index (χ3v) is 5.63. The van der Waals surface area contributed by atoms with Gasteiger partial charge < -0.3 is 5.73 Å². The lowest BCUT2D eigenvalue weighted by Crippen LogP contribution is -2.55. The van der Waals surface area contributed by atoms with Gasteiger partial charge in [0.2, 0.25) is 10.0 Å². The maximum atomic E-state index is 12.5. The van der Waals surface area contributed by atoms with Crippen molar-refractivity contribution in [3.05, 3.63) is 29.8 Å². The van der Waals surface area contributed by atoms with Crippen LogP contribution in [-0.2, 0) is 16.4 Å². The topological polar surface area (TPSA) is 96.0 Å². The molecular formula is C15H23N3O2S. The summed E-state index contributed by atoms with van der Waals surface area (Å²) in [6.07, 6.45) is 4.92. The van der Waals surface area contributed by atoms with Crippen LogP contribution in [0.4, 0.5) is 0 Å². The van der Waals surface area contributed by atoms with Gasteiger partial charge in [0.05, 0.1) is 10.4 Å². The fourth-order valence-electron chi connectivity index (χ4n) is 2.85. The van der Waals surface area contributed by atoms with Crippen LogP contribution in [0, 0.1) is 5.41 Å². The molecule has 1 aromatic carbocycles. The Balaban J connectivity index is 2.23. The summed E-state index contributed by atoms with van der Waals surface area (Å²) in [6, 6.07) is 6.92. The van der Waals surface area contributed by atoms with Crippen LogP contribution in [0.2, 0.25) is 0 Å². The van der Waals surface area contributed by atoms with Crippen LogP contribution >= 0.6 is 0 Å². The molecule has 0 saturated heterocycles. The average molecular weight is 309 g/mol. The highest BCUT2D eigenvalue weighted by Gasteiger charge is 2.40. The number of hydrogen-bond donors (Lipinski definition) is 3. The lowest BCUT2D eigenvalue weighted by molar-refractivity contribution is 0.496. The Morgan fingerprint density at radius 3 is 2.33 bits per heavy atom. The first-order valence-electron chi connectivity index (χ1n) is 7.37. The van der Waals surface area contributed by atoms with Crippen LogP contribution in [0.5, 0.6) is 0 Å². The number of nitrogens with two attached hydrogens (primary N) is 1. The first-order valence-corrected chi connectivity index (χ1v) is 8.85. The number of nitrogens with one attached hydrogen (secondary N) is 2.